The fourth-order valence-electron chi connectivity index (χ4n) is 1.24. The molecule has 0 aromatic heterocycles. The lowest BCUT2D eigenvalue weighted by Gasteiger charge is -2.10. The van der Waals surface area contributed by atoms with E-state index in [1.165, 1.54) is 24.3 Å². The van der Waals surface area contributed by atoms with Gasteiger partial charge in [0.05, 0.1) is 4.92 Å². The van der Waals surface area contributed by atoms with Crippen LogP contribution in [0.1, 0.15) is 23.7 Å². The average Bonchev–Trinajstić information content (AvgIpc) is 2.44. The van der Waals surface area contributed by atoms with Gasteiger partial charge in [0.1, 0.15) is 5.56 Å². The van der Waals surface area contributed by atoms with Crippen LogP contribution in [0.5, 0.6) is 0 Å². The lowest BCUT2D eigenvalue weighted by atomic mass is 10.1. The molecule has 0 aliphatic carbocycles. The molecule has 0 aliphatic rings. The zero-order chi connectivity index (χ0) is 15.1. The van der Waals surface area contributed by atoms with Crippen LogP contribution in [0.3, 0.4) is 0 Å². The molecule has 0 spiro atoms. The molecule has 0 unspecified atom stereocenters. The first kappa shape index (κ1) is 15.5. The summed E-state index contributed by atoms with van der Waals surface area (Å²) in [7, 11) is 0. The van der Waals surface area contributed by atoms with Crippen molar-refractivity contribution < 1.29 is 14.5 Å². The second-order valence-corrected chi connectivity index (χ2v) is 3.99. The molecule has 0 atom stereocenters. The minimum atomic E-state index is -0.736. The lowest BCUT2D eigenvalue weighted by Crippen LogP contribution is -2.48. The van der Waals surface area contributed by atoms with E-state index in [9.17, 15) is 19.7 Å². The van der Waals surface area contributed by atoms with Crippen LogP contribution in [-0.2, 0) is 4.79 Å². The molecule has 0 saturated heterocycles. The highest BCUT2D eigenvalue weighted by Crippen LogP contribution is 2.17. The first-order chi connectivity index (χ1) is 9.45. The number of nitro groups is 1. The molecule has 1 aromatic carbocycles. The Morgan fingerprint density at radius 1 is 1.30 bits per heavy atom. The number of amides is 2. The van der Waals surface area contributed by atoms with E-state index in [0.717, 1.165) is 0 Å². The van der Waals surface area contributed by atoms with Crippen molar-refractivity contribution in [1.82, 2.24) is 16.2 Å². The summed E-state index contributed by atoms with van der Waals surface area (Å²) in [6.45, 7) is 1.64. The predicted octanol–water partition coefficient (Wildman–Crippen LogP) is 0.640. The number of hydrazine groups is 1. The van der Waals surface area contributed by atoms with Crippen LogP contribution < -0.4 is 16.2 Å². The maximum absolute atomic E-state index is 11.8. The third-order valence-corrected chi connectivity index (χ3v) is 2.41. The van der Waals surface area contributed by atoms with E-state index >= 15 is 0 Å². The summed E-state index contributed by atoms with van der Waals surface area (Å²) in [6, 6.07) is 5.47. The Morgan fingerprint density at radius 3 is 2.55 bits per heavy atom. The second kappa shape index (κ2) is 7.14. The van der Waals surface area contributed by atoms with Crippen LogP contribution in [0.4, 0.5) is 5.69 Å². The fraction of sp³-hybridized carbons (Fsp3) is 0.182. The first-order valence-corrected chi connectivity index (χ1v) is 6.00. The van der Waals surface area contributed by atoms with Gasteiger partial charge in [0, 0.05) is 12.5 Å². The average molecular weight is 296 g/mol. The maximum Gasteiger partial charge on any atom is 0.282 e. The molecular formula is C11H12N4O4S. The molecule has 8 nitrogen and oxygen atoms in total. The van der Waals surface area contributed by atoms with E-state index < -0.39 is 10.8 Å². The molecule has 20 heavy (non-hydrogen) atoms. The Labute approximate surface area is 119 Å². The minimum absolute atomic E-state index is 0.122. The highest BCUT2D eigenvalue weighted by atomic mass is 32.1. The van der Waals surface area contributed by atoms with Gasteiger partial charge in [0.15, 0.2) is 5.11 Å². The van der Waals surface area contributed by atoms with E-state index in [2.05, 4.69) is 16.2 Å². The summed E-state index contributed by atoms with van der Waals surface area (Å²) in [4.78, 5) is 32.9. The summed E-state index contributed by atoms with van der Waals surface area (Å²) in [5.41, 5.74) is 4.11. The van der Waals surface area contributed by atoms with Crippen LogP contribution in [0, 0.1) is 10.1 Å². The quantitative estimate of drug-likeness (QED) is 0.428. The number of rotatable bonds is 3. The molecule has 2 amide bonds. The normalized spacial score (nSPS) is 9.45. The minimum Gasteiger partial charge on any atom is -0.297 e. The number of nitrogens with zero attached hydrogens (tertiary/aromatic N) is 1. The van der Waals surface area contributed by atoms with Crippen molar-refractivity contribution >= 4 is 34.8 Å². The van der Waals surface area contributed by atoms with Crippen molar-refractivity contribution in [3.63, 3.8) is 0 Å². The molecule has 1 rings (SSSR count). The SMILES string of the molecule is CCC(=O)NNC(=S)NC(=O)c1ccccc1[N+](=O)[O-]. The zero-order valence-electron chi connectivity index (χ0n) is 10.5. The van der Waals surface area contributed by atoms with Crippen LogP contribution in [0.15, 0.2) is 24.3 Å². The van der Waals surface area contributed by atoms with Crippen LogP contribution >= 0.6 is 12.2 Å². The van der Waals surface area contributed by atoms with Crippen molar-refractivity contribution in [1.29, 1.82) is 0 Å². The zero-order valence-corrected chi connectivity index (χ0v) is 11.3. The van der Waals surface area contributed by atoms with Crippen LogP contribution in [0.25, 0.3) is 0 Å². The van der Waals surface area contributed by atoms with Crippen molar-refractivity contribution in [2.75, 3.05) is 0 Å². The van der Waals surface area contributed by atoms with Crippen molar-refractivity contribution in [3.05, 3.63) is 39.9 Å². The summed E-state index contributed by atoms with van der Waals surface area (Å²) < 4.78 is 0. The number of para-hydroxylation sites is 1. The van der Waals surface area contributed by atoms with Gasteiger partial charge in [0.2, 0.25) is 5.91 Å². The largest absolute Gasteiger partial charge is 0.297 e. The van der Waals surface area contributed by atoms with E-state index in [1.807, 2.05) is 0 Å². The van der Waals surface area contributed by atoms with E-state index in [4.69, 9.17) is 12.2 Å². The Bertz CT molecular complexity index is 561. The number of hydrogen-bond donors (Lipinski definition) is 3. The number of nitro benzene ring substituents is 1. The number of carbonyl (C=O) groups is 2. The highest BCUT2D eigenvalue weighted by Gasteiger charge is 2.19. The topological polar surface area (TPSA) is 113 Å². The maximum atomic E-state index is 11.8. The molecular weight excluding hydrogens is 284 g/mol. The molecule has 0 saturated carbocycles. The smallest absolute Gasteiger partial charge is 0.282 e. The number of carbonyl (C=O) groups excluding carboxylic acids is 2. The Morgan fingerprint density at radius 2 is 1.95 bits per heavy atom. The molecule has 9 heteroatoms. The van der Waals surface area contributed by atoms with E-state index in [0.29, 0.717) is 0 Å². The van der Waals surface area contributed by atoms with Gasteiger partial charge >= 0.3 is 0 Å². The molecule has 106 valence electrons. The Balaban J connectivity index is 2.70. The van der Waals surface area contributed by atoms with Crippen molar-refractivity contribution in [2.45, 2.75) is 13.3 Å². The summed E-state index contributed by atoms with van der Waals surface area (Å²) in [6.07, 6.45) is 0.244. The van der Waals surface area contributed by atoms with Gasteiger partial charge in [-0.25, -0.2) is 0 Å². The van der Waals surface area contributed by atoms with Gasteiger partial charge in [-0.2, -0.15) is 0 Å². The van der Waals surface area contributed by atoms with Gasteiger partial charge in [0.25, 0.3) is 11.6 Å². The van der Waals surface area contributed by atoms with Crippen molar-refractivity contribution in [2.24, 2.45) is 0 Å². The second-order valence-electron chi connectivity index (χ2n) is 3.58. The van der Waals surface area contributed by atoms with E-state index in [1.54, 1.807) is 6.92 Å². The summed E-state index contributed by atoms with van der Waals surface area (Å²) in [5, 5.41) is 12.9. The molecule has 0 fully saturated rings. The monoisotopic (exact) mass is 296 g/mol. The van der Waals surface area contributed by atoms with Gasteiger partial charge < -0.3 is 0 Å². The summed E-state index contributed by atoms with van der Waals surface area (Å²) in [5.74, 6) is -1.05. The third-order valence-electron chi connectivity index (χ3n) is 2.21. The summed E-state index contributed by atoms with van der Waals surface area (Å²) >= 11 is 4.78. The number of benzene rings is 1. The molecule has 0 radical (unpaired) electrons. The van der Waals surface area contributed by atoms with Gasteiger partial charge in [-0.15, -0.1) is 0 Å². The number of nitrogens with one attached hydrogen (secondary N) is 3. The Hall–Kier alpha value is -2.55. The molecule has 0 bridgehead atoms. The van der Waals surface area contributed by atoms with Crippen LogP contribution in [-0.4, -0.2) is 21.9 Å². The van der Waals surface area contributed by atoms with Gasteiger partial charge in [-0.1, -0.05) is 19.1 Å². The van der Waals surface area contributed by atoms with Gasteiger partial charge in [-0.05, 0) is 18.3 Å². The van der Waals surface area contributed by atoms with Crippen molar-refractivity contribution in [3.8, 4) is 0 Å². The highest BCUT2D eigenvalue weighted by molar-refractivity contribution is 7.80. The third kappa shape index (κ3) is 4.28. The molecule has 3 N–H and O–H groups in total. The lowest BCUT2D eigenvalue weighted by molar-refractivity contribution is -0.385. The number of hydrogen-bond acceptors (Lipinski definition) is 5. The fourth-order valence-corrected chi connectivity index (χ4v) is 1.39. The molecule has 0 heterocycles. The first-order valence-electron chi connectivity index (χ1n) is 5.59. The van der Waals surface area contributed by atoms with Gasteiger partial charge in [-0.3, -0.25) is 35.9 Å². The standard InChI is InChI=1S/C11H12N4O4S/c1-2-9(16)13-14-11(20)12-10(17)7-5-3-4-6-8(7)15(18)19/h3-6H,2H2,1H3,(H,13,16)(H2,12,14,17,20). The molecule has 1 aromatic rings. The van der Waals surface area contributed by atoms with Crippen LogP contribution in [0.2, 0.25) is 0 Å². The Kier molecular flexibility index (Phi) is 5.54. The molecule has 0 aliphatic heterocycles. The van der Waals surface area contributed by atoms with E-state index in [-0.39, 0.29) is 28.7 Å². The predicted molar refractivity (Wildman–Crippen MR) is 74.7 cm³/mol. The number of thiocarbonyl (C=S) groups is 1.